The number of ether oxygens (including phenoxy) is 1. The Hall–Kier alpha value is -1.90. The number of halogens is 2. The molecule has 1 saturated heterocycles. The van der Waals surface area contributed by atoms with Crippen LogP contribution < -0.4 is 5.32 Å². The van der Waals surface area contributed by atoms with Gasteiger partial charge in [0.2, 0.25) is 5.91 Å². The Kier molecular flexibility index (Phi) is 9.63. The lowest BCUT2D eigenvalue weighted by Crippen LogP contribution is -2.42. The van der Waals surface area contributed by atoms with Crippen molar-refractivity contribution in [2.45, 2.75) is 13.0 Å². The molecule has 1 heterocycles. The van der Waals surface area contributed by atoms with E-state index in [1.165, 1.54) is 11.0 Å². The normalized spacial score (nSPS) is 15.3. The molecular weight excluding hydrogens is 397 g/mol. The minimum absolute atomic E-state index is 0.0537. The first-order chi connectivity index (χ1) is 13.9. The van der Waals surface area contributed by atoms with Crippen molar-refractivity contribution in [2.75, 3.05) is 67.1 Å². The predicted octanol–water partition coefficient (Wildman–Crippen LogP) is 1.67. The maximum atomic E-state index is 13.7. The van der Waals surface area contributed by atoms with Crippen molar-refractivity contribution in [2.24, 2.45) is 4.99 Å². The highest BCUT2D eigenvalue weighted by Crippen LogP contribution is 2.16. The number of likely N-dealkylation sites (N-methyl/N-ethyl adjacent to an activating group) is 1. The quantitative estimate of drug-likeness (QED) is 0.388. The van der Waals surface area contributed by atoms with E-state index in [-0.39, 0.29) is 17.5 Å². The van der Waals surface area contributed by atoms with Crippen molar-refractivity contribution in [3.63, 3.8) is 0 Å². The van der Waals surface area contributed by atoms with Gasteiger partial charge in [-0.3, -0.25) is 9.69 Å². The number of amides is 1. The zero-order chi connectivity index (χ0) is 21.2. The monoisotopic (exact) mass is 427 g/mol. The fourth-order valence-electron chi connectivity index (χ4n) is 2.91. The number of benzene rings is 1. The second-order valence-corrected chi connectivity index (χ2v) is 7.67. The van der Waals surface area contributed by atoms with Gasteiger partial charge < -0.3 is 19.9 Å². The Labute approximate surface area is 177 Å². The van der Waals surface area contributed by atoms with Crippen LogP contribution in [0.5, 0.6) is 0 Å². The van der Waals surface area contributed by atoms with Gasteiger partial charge in [0.15, 0.2) is 5.96 Å². The van der Waals surface area contributed by atoms with Crippen LogP contribution in [0, 0.1) is 5.82 Å². The fraction of sp³-hybridized carbons (Fsp3) is 0.600. The summed E-state index contributed by atoms with van der Waals surface area (Å²) in [6, 6.07) is 4.74. The van der Waals surface area contributed by atoms with Crippen molar-refractivity contribution in [3.8, 4) is 0 Å². The zero-order valence-corrected chi connectivity index (χ0v) is 18.2. The molecule has 29 heavy (non-hydrogen) atoms. The highest BCUT2D eigenvalue weighted by molar-refractivity contribution is 6.30. The van der Waals surface area contributed by atoms with Gasteiger partial charge in [-0.05, 0) is 30.7 Å². The molecule has 1 fully saturated rings. The number of carbonyl (C=O) groups is 1. The lowest BCUT2D eigenvalue weighted by atomic mass is 10.2. The number of guanidine groups is 1. The number of nitrogens with zero attached hydrogens (tertiary/aromatic N) is 4. The molecule has 0 unspecified atom stereocenters. The summed E-state index contributed by atoms with van der Waals surface area (Å²) < 4.78 is 19.1. The van der Waals surface area contributed by atoms with Crippen LogP contribution in [0.15, 0.2) is 23.2 Å². The van der Waals surface area contributed by atoms with E-state index >= 15 is 0 Å². The van der Waals surface area contributed by atoms with Gasteiger partial charge in [0, 0.05) is 47.3 Å². The molecule has 1 amide bonds. The standard InChI is InChI=1S/C20H31ClFN5O2/c1-25(2)19(28)14-24-20(23-7-4-8-27-9-11-29-12-10-27)26(3)15-16-5-6-17(21)18(22)13-16/h5-6,13H,4,7-12,14-15H2,1-3H3,(H,23,24). The van der Waals surface area contributed by atoms with Gasteiger partial charge in [-0.25, -0.2) is 9.38 Å². The van der Waals surface area contributed by atoms with Crippen LogP contribution in [0.25, 0.3) is 0 Å². The van der Waals surface area contributed by atoms with E-state index in [0.717, 1.165) is 51.4 Å². The molecular formula is C20H31ClFN5O2. The van der Waals surface area contributed by atoms with E-state index in [1.54, 1.807) is 26.2 Å². The van der Waals surface area contributed by atoms with Crippen molar-refractivity contribution in [1.82, 2.24) is 20.0 Å². The maximum Gasteiger partial charge on any atom is 0.243 e. The van der Waals surface area contributed by atoms with Crippen molar-refractivity contribution in [1.29, 1.82) is 0 Å². The van der Waals surface area contributed by atoms with E-state index in [1.807, 2.05) is 11.9 Å². The Morgan fingerprint density at radius 3 is 2.69 bits per heavy atom. The van der Waals surface area contributed by atoms with E-state index in [9.17, 15) is 9.18 Å². The Morgan fingerprint density at radius 1 is 1.31 bits per heavy atom. The van der Waals surface area contributed by atoms with Gasteiger partial charge in [0.05, 0.1) is 18.2 Å². The van der Waals surface area contributed by atoms with Gasteiger partial charge >= 0.3 is 0 Å². The number of morpholine rings is 1. The second-order valence-electron chi connectivity index (χ2n) is 7.27. The molecule has 0 radical (unpaired) electrons. The molecule has 1 aromatic carbocycles. The van der Waals surface area contributed by atoms with Crippen molar-refractivity contribution < 1.29 is 13.9 Å². The van der Waals surface area contributed by atoms with Gasteiger partial charge in [-0.2, -0.15) is 0 Å². The largest absolute Gasteiger partial charge is 0.379 e. The fourth-order valence-corrected chi connectivity index (χ4v) is 3.03. The summed E-state index contributed by atoms with van der Waals surface area (Å²) in [7, 11) is 5.27. The third-order valence-corrected chi connectivity index (χ3v) is 4.97. The second kappa shape index (κ2) is 11.9. The van der Waals surface area contributed by atoms with Crippen LogP contribution in [-0.2, 0) is 16.1 Å². The molecule has 1 aromatic rings. The molecule has 9 heteroatoms. The highest BCUT2D eigenvalue weighted by Gasteiger charge is 2.12. The number of hydrogen-bond acceptors (Lipinski definition) is 4. The van der Waals surface area contributed by atoms with Gasteiger partial charge in [0.1, 0.15) is 12.4 Å². The molecule has 0 bridgehead atoms. The Bertz CT molecular complexity index is 695. The van der Waals surface area contributed by atoms with Crippen molar-refractivity contribution in [3.05, 3.63) is 34.6 Å². The van der Waals surface area contributed by atoms with Crippen LogP contribution >= 0.6 is 11.6 Å². The summed E-state index contributed by atoms with van der Waals surface area (Å²) in [5.41, 5.74) is 0.774. The van der Waals surface area contributed by atoms with Crippen LogP contribution in [-0.4, -0.2) is 93.6 Å². The summed E-state index contributed by atoms with van der Waals surface area (Å²) in [5.74, 6) is 0.0819. The molecule has 1 aliphatic rings. The van der Waals surface area contributed by atoms with Gasteiger partial charge in [0.25, 0.3) is 0 Å². The molecule has 1 N–H and O–H groups in total. The number of carbonyl (C=O) groups excluding carboxylic acids is 1. The van der Waals surface area contributed by atoms with Gasteiger partial charge in [-0.1, -0.05) is 17.7 Å². The number of aliphatic imine (C=N–C) groups is 1. The maximum absolute atomic E-state index is 13.7. The average molecular weight is 428 g/mol. The summed E-state index contributed by atoms with van der Waals surface area (Å²) in [5, 5.41) is 3.43. The van der Waals surface area contributed by atoms with E-state index < -0.39 is 5.82 Å². The van der Waals surface area contributed by atoms with E-state index in [4.69, 9.17) is 16.3 Å². The zero-order valence-electron chi connectivity index (χ0n) is 17.5. The minimum Gasteiger partial charge on any atom is -0.379 e. The topological polar surface area (TPSA) is 60.4 Å². The van der Waals surface area contributed by atoms with E-state index in [2.05, 4.69) is 15.2 Å². The Morgan fingerprint density at radius 2 is 2.03 bits per heavy atom. The number of nitrogens with one attached hydrogen (secondary N) is 1. The van der Waals surface area contributed by atoms with Crippen LogP contribution in [0.2, 0.25) is 5.02 Å². The molecule has 0 atom stereocenters. The van der Waals surface area contributed by atoms with Crippen LogP contribution in [0.4, 0.5) is 4.39 Å². The third kappa shape index (κ3) is 8.16. The summed E-state index contributed by atoms with van der Waals surface area (Å²) >= 11 is 5.76. The first-order valence-electron chi connectivity index (χ1n) is 9.80. The SMILES string of the molecule is CN(C)C(=O)CN=C(NCCCN1CCOCC1)N(C)Cc1ccc(Cl)c(F)c1. The molecule has 7 nitrogen and oxygen atoms in total. The number of rotatable bonds is 8. The summed E-state index contributed by atoms with van der Waals surface area (Å²) in [6.07, 6.45) is 0.948. The predicted molar refractivity (Wildman–Crippen MR) is 114 cm³/mol. The van der Waals surface area contributed by atoms with Crippen molar-refractivity contribution >= 4 is 23.5 Å². The third-order valence-electron chi connectivity index (χ3n) is 4.67. The summed E-state index contributed by atoms with van der Waals surface area (Å²) in [6.45, 7) is 5.69. The molecule has 2 rings (SSSR count). The number of hydrogen-bond donors (Lipinski definition) is 1. The highest BCUT2D eigenvalue weighted by atomic mass is 35.5. The lowest BCUT2D eigenvalue weighted by Gasteiger charge is -2.27. The first-order valence-corrected chi connectivity index (χ1v) is 10.2. The smallest absolute Gasteiger partial charge is 0.243 e. The molecule has 0 aromatic heterocycles. The van der Waals surface area contributed by atoms with E-state index in [0.29, 0.717) is 12.5 Å². The van der Waals surface area contributed by atoms with Crippen LogP contribution in [0.3, 0.4) is 0 Å². The molecule has 0 aliphatic carbocycles. The Balaban J connectivity index is 1.94. The molecule has 1 aliphatic heterocycles. The molecule has 0 spiro atoms. The minimum atomic E-state index is -0.447. The van der Waals surface area contributed by atoms with Gasteiger partial charge in [-0.15, -0.1) is 0 Å². The first kappa shape index (κ1) is 23.4. The summed E-state index contributed by atoms with van der Waals surface area (Å²) in [4.78, 5) is 22.1. The molecule has 0 saturated carbocycles. The lowest BCUT2D eigenvalue weighted by molar-refractivity contribution is -0.127. The van der Waals surface area contributed by atoms with Crippen LogP contribution in [0.1, 0.15) is 12.0 Å². The molecule has 162 valence electrons. The average Bonchev–Trinajstić information content (AvgIpc) is 2.70.